The van der Waals surface area contributed by atoms with Gasteiger partial charge in [0, 0.05) is 50.6 Å². The quantitative estimate of drug-likeness (QED) is 0.173. The van der Waals surface area contributed by atoms with Gasteiger partial charge < -0.3 is 14.2 Å². The fraction of sp³-hybridized carbons (Fsp3) is 0.0196. The summed E-state index contributed by atoms with van der Waals surface area (Å²) in [6.07, 6.45) is 0. The van der Waals surface area contributed by atoms with Gasteiger partial charge in [-0.15, -0.1) is 0 Å². The second kappa shape index (κ2) is 12.0. The van der Waals surface area contributed by atoms with Crippen LogP contribution in [0.5, 0.6) is 0 Å². The zero-order valence-electron chi connectivity index (χ0n) is 29.4. The van der Waals surface area contributed by atoms with E-state index in [1.54, 1.807) is 0 Å². The Hall–Kier alpha value is -7.10. The van der Waals surface area contributed by atoms with Crippen molar-refractivity contribution in [3.05, 3.63) is 229 Å². The molecule has 2 aliphatic rings. The second-order valence-electron chi connectivity index (χ2n) is 14.1. The van der Waals surface area contributed by atoms with E-state index in [1.165, 1.54) is 33.4 Å². The zero-order chi connectivity index (χ0) is 35.6. The van der Waals surface area contributed by atoms with E-state index in [-0.39, 0.29) is 0 Å². The van der Waals surface area contributed by atoms with Crippen molar-refractivity contribution in [3.63, 3.8) is 0 Å². The average Bonchev–Trinajstić information content (AvgIpc) is 3.86. The number of hydrogen-bond donors (Lipinski definition) is 0. The van der Waals surface area contributed by atoms with Gasteiger partial charge in [-0.2, -0.15) is 0 Å². The Morgan fingerprint density at radius 3 is 1.31 bits per heavy atom. The van der Waals surface area contributed by atoms with Crippen molar-refractivity contribution < 1.29 is 4.42 Å². The first-order valence-corrected chi connectivity index (χ1v) is 18.5. The highest BCUT2D eigenvalue weighted by Crippen LogP contribution is 2.66. The van der Waals surface area contributed by atoms with Crippen LogP contribution < -0.4 is 9.80 Å². The van der Waals surface area contributed by atoms with E-state index in [0.717, 1.165) is 56.4 Å². The predicted molar refractivity (Wildman–Crippen MR) is 222 cm³/mol. The second-order valence-corrected chi connectivity index (χ2v) is 14.1. The van der Waals surface area contributed by atoms with E-state index >= 15 is 0 Å². The van der Waals surface area contributed by atoms with Crippen molar-refractivity contribution in [2.45, 2.75) is 5.41 Å². The summed E-state index contributed by atoms with van der Waals surface area (Å²) in [5.41, 5.74) is 15.5. The number of furan rings is 1. The molecule has 0 saturated carbocycles. The molecule has 0 fully saturated rings. The Balaban J connectivity index is 1.23. The standard InChI is InChI=1S/C51H34N2O/c1-5-17-35(18-6-1)52(36-19-7-2-8-20-36)39-29-31-42-41-25-13-15-27-45(41)51(46(42)33-39)47-34-40(53(37-21-9-3-10-22-37)38-23-11-4-12-24-38)30-32-43(47)50-49(51)44-26-14-16-28-48(44)54-50/h1-34H/t51-/m0/s1. The van der Waals surface area contributed by atoms with Crippen LogP contribution in [-0.2, 0) is 5.41 Å². The van der Waals surface area contributed by atoms with Gasteiger partial charge in [-0.3, -0.25) is 0 Å². The van der Waals surface area contributed by atoms with Gasteiger partial charge in [0.2, 0.25) is 0 Å². The van der Waals surface area contributed by atoms with E-state index in [0.29, 0.717) is 0 Å². The van der Waals surface area contributed by atoms with Crippen molar-refractivity contribution in [2.75, 3.05) is 9.80 Å². The molecule has 1 spiro atoms. The van der Waals surface area contributed by atoms with Crippen LogP contribution in [0, 0.1) is 0 Å². The molecular weight excluding hydrogens is 657 g/mol. The molecule has 0 radical (unpaired) electrons. The van der Waals surface area contributed by atoms with Gasteiger partial charge in [0.05, 0.1) is 5.41 Å². The first-order valence-electron chi connectivity index (χ1n) is 18.5. The van der Waals surface area contributed by atoms with Crippen molar-refractivity contribution in [1.82, 2.24) is 0 Å². The molecule has 1 atom stereocenters. The average molecular weight is 691 g/mol. The highest BCUT2D eigenvalue weighted by atomic mass is 16.3. The monoisotopic (exact) mass is 690 g/mol. The van der Waals surface area contributed by atoms with E-state index in [4.69, 9.17) is 4.42 Å². The molecule has 0 aliphatic heterocycles. The molecule has 54 heavy (non-hydrogen) atoms. The van der Waals surface area contributed by atoms with E-state index in [2.05, 4.69) is 216 Å². The first kappa shape index (κ1) is 30.5. The van der Waals surface area contributed by atoms with Crippen molar-refractivity contribution in [3.8, 4) is 22.5 Å². The third-order valence-corrected chi connectivity index (χ3v) is 11.2. The number of benzene rings is 8. The molecule has 9 aromatic rings. The summed E-state index contributed by atoms with van der Waals surface area (Å²) >= 11 is 0. The zero-order valence-corrected chi connectivity index (χ0v) is 29.4. The molecular formula is C51H34N2O. The van der Waals surface area contributed by atoms with Crippen LogP contribution in [0.15, 0.2) is 211 Å². The Labute approximate surface area is 314 Å². The van der Waals surface area contributed by atoms with Gasteiger partial charge in [-0.1, -0.05) is 121 Å². The van der Waals surface area contributed by atoms with E-state index in [1.807, 2.05) is 0 Å². The molecule has 8 aromatic carbocycles. The fourth-order valence-corrected chi connectivity index (χ4v) is 9.09. The van der Waals surface area contributed by atoms with Crippen LogP contribution in [-0.4, -0.2) is 0 Å². The van der Waals surface area contributed by atoms with Crippen molar-refractivity contribution >= 4 is 45.1 Å². The lowest BCUT2D eigenvalue weighted by Gasteiger charge is -2.33. The lowest BCUT2D eigenvalue weighted by Crippen LogP contribution is -2.26. The predicted octanol–water partition coefficient (Wildman–Crippen LogP) is 13.7. The molecule has 1 aromatic heterocycles. The van der Waals surface area contributed by atoms with Crippen molar-refractivity contribution in [2.24, 2.45) is 0 Å². The van der Waals surface area contributed by atoms with Crippen LogP contribution in [0.3, 0.4) is 0 Å². The minimum Gasteiger partial charge on any atom is -0.456 e. The molecule has 3 heteroatoms. The van der Waals surface area contributed by atoms with E-state index < -0.39 is 5.41 Å². The number of anilines is 6. The third kappa shape index (κ3) is 4.36. The highest BCUT2D eigenvalue weighted by Gasteiger charge is 2.54. The molecule has 0 amide bonds. The lowest BCUT2D eigenvalue weighted by atomic mass is 9.70. The first-order chi connectivity index (χ1) is 26.8. The molecule has 3 nitrogen and oxygen atoms in total. The number of nitrogens with zero attached hydrogens (tertiary/aromatic N) is 2. The highest BCUT2D eigenvalue weighted by molar-refractivity contribution is 6.03. The van der Waals surface area contributed by atoms with Crippen LogP contribution >= 0.6 is 0 Å². The number of fused-ring (bicyclic) bond motifs is 12. The van der Waals surface area contributed by atoms with Crippen LogP contribution in [0.4, 0.5) is 34.1 Å². The van der Waals surface area contributed by atoms with Crippen LogP contribution in [0.2, 0.25) is 0 Å². The van der Waals surface area contributed by atoms with Gasteiger partial charge in [0.15, 0.2) is 0 Å². The lowest BCUT2D eigenvalue weighted by molar-refractivity contribution is 0.628. The SMILES string of the molecule is c1ccc(N(c2ccccc2)c2ccc3c(c2)[C@@]2(c4ccccc4-3)c3cc(N(c4ccccc4)c4ccccc4)ccc3-c3oc4ccccc4c32)cc1. The molecule has 0 unspecified atom stereocenters. The fourth-order valence-electron chi connectivity index (χ4n) is 9.09. The molecule has 0 saturated heterocycles. The Morgan fingerprint density at radius 1 is 0.333 bits per heavy atom. The molecule has 0 N–H and O–H groups in total. The van der Waals surface area contributed by atoms with Gasteiger partial charge in [0.1, 0.15) is 11.3 Å². The van der Waals surface area contributed by atoms with Crippen LogP contribution in [0.1, 0.15) is 22.3 Å². The van der Waals surface area contributed by atoms with E-state index in [9.17, 15) is 0 Å². The maximum atomic E-state index is 6.92. The molecule has 2 aliphatic carbocycles. The molecule has 0 bridgehead atoms. The van der Waals surface area contributed by atoms with Gasteiger partial charge >= 0.3 is 0 Å². The minimum atomic E-state index is -0.632. The van der Waals surface area contributed by atoms with Crippen LogP contribution in [0.25, 0.3) is 33.4 Å². The number of rotatable bonds is 6. The van der Waals surface area contributed by atoms with Gasteiger partial charge in [-0.05, 0) is 113 Å². The number of hydrogen-bond acceptors (Lipinski definition) is 3. The molecule has 1 heterocycles. The van der Waals surface area contributed by atoms with Gasteiger partial charge in [0.25, 0.3) is 0 Å². The Bertz CT molecular complexity index is 2750. The Morgan fingerprint density at radius 2 is 0.759 bits per heavy atom. The normalized spacial score (nSPS) is 14.7. The third-order valence-electron chi connectivity index (χ3n) is 11.2. The summed E-state index contributed by atoms with van der Waals surface area (Å²) in [5, 5.41) is 1.14. The summed E-state index contributed by atoms with van der Waals surface area (Å²) in [7, 11) is 0. The molecule has 11 rings (SSSR count). The topological polar surface area (TPSA) is 19.6 Å². The van der Waals surface area contributed by atoms with Gasteiger partial charge in [-0.25, -0.2) is 0 Å². The maximum Gasteiger partial charge on any atom is 0.140 e. The summed E-state index contributed by atoms with van der Waals surface area (Å²) in [6, 6.07) is 74.2. The Kier molecular flexibility index (Phi) is 6.77. The smallest absolute Gasteiger partial charge is 0.140 e. The molecule has 254 valence electrons. The minimum absolute atomic E-state index is 0.632. The summed E-state index contributed by atoms with van der Waals surface area (Å²) in [4.78, 5) is 4.72. The summed E-state index contributed by atoms with van der Waals surface area (Å²) in [6.45, 7) is 0. The summed E-state index contributed by atoms with van der Waals surface area (Å²) in [5.74, 6) is 0.944. The maximum absolute atomic E-state index is 6.92. The largest absolute Gasteiger partial charge is 0.456 e. The van der Waals surface area contributed by atoms with Crippen molar-refractivity contribution in [1.29, 1.82) is 0 Å². The summed E-state index contributed by atoms with van der Waals surface area (Å²) < 4.78 is 6.92. The number of para-hydroxylation sites is 5.